The molecule has 1 amide bonds. The lowest BCUT2D eigenvalue weighted by molar-refractivity contribution is -0.116. The Morgan fingerprint density at radius 3 is 2.59 bits per heavy atom. The zero-order chi connectivity index (χ0) is 27.5. The Bertz CT molecular complexity index is 1490. The van der Waals surface area contributed by atoms with Gasteiger partial charge < -0.3 is 24.8 Å². The van der Waals surface area contributed by atoms with Crippen molar-refractivity contribution in [3.8, 4) is 11.4 Å². The first kappa shape index (κ1) is 26.7. The molecule has 200 valence electrons. The van der Waals surface area contributed by atoms with E-state index in [0.29, 0.717) is 16.7 Å². The molecule has 1 aliphatic rings. The number of carbonyl (C=O) groups excluding carboxylic acids is 1. The maximum Gasteiger partial charge on any atom is 0.226 e. The third-order valence-electron chi connectivity index (χ3n) is 7.01. The van der Waals surface area contributed by atoms with E-state index in [1.54, 1.807) is 13.3 Å². The van der Waals surface area contributed by atoms with Gasteiger partial charge in [-0.2, -0.15) is 0 Å². The summed E-state index contributed by atoms with van der Waals surface area (Å²) in [5, 5.41) is 7.66. The van der Waals surface area contributed by atoms with E-state index in [9.17, 15) is 4.79 Å². The van der Waals surface area contributed by atoms with Crippen LogP contribution in [0.15, 0.2) is 79.0 Å². The Hall–Kier alpha value is -3.88. The summed E-state index contributed by atoms with van der Waals surface area (Å²) in [6.07, 6.45) is 2.07. The molecule has 0 unspecified atom stereocenters. The Morgan fingerprint density at radius 2 is 1.87 bits per heavy atom. The molecule has 9 heteroatoms. The molecule has 0 aliphatic carbocycles. The van der Waals surface area contributed by atoms with Crippen LogP contribution in [0.4, 0.5) is 5.69 Å². The molecule has 0 radical (unpaired) electrons. The van der Waals surface area contributed by atoms with Gasteiger partial charge in [0.1, 0.15) is 5.75 Å². The van der Waals surface area contributed by atoms with E-state index in [1.807, 2.05) is 66.7 Å². The van der Waals surface area contributed by atoms with E-state index >= 15 is 0 Å². The van der Waals surface area contributed by atoms with Gasteiger partial charge in [0.25, 0.3) is 0 Å². The van der Waals surface area contributed by atoms with Gasteiger partial charge in [0, 0.05) is 41.3 Å². The van der Waals surface area contributed by atoms with Crippen LogP contribution in [0.25, 0.3) is 5.69 Å². The number of para-hydroxylation sites is 1. The summed E-state index contributed by atoms with van der Waals surface area (Å²) in [5.74, 6) is 0.654. The van der Waals surface area contributed by atoms with Crippen molar-refractivity contribution in [3.05, 3.63) is 107 Å². The fourth-order valence-corrected chi connectivity index (χ4v) is 5.75. The summed E-state index contributed by atoms with van der Waals surface area (Å²) >= 11 is 12.2. The quantitative estimate of drug-likeness (QED) is 0.252. The van der Waals surface area contributed by atoms with Crippen molar-refractivity contribution in [1.82, 2.24) is 19.8 Å². The molecule has 1 saturated heterocycles. The number of anilines is 1. The van der Waals surface area contributed by atoms with Crippen LogP contribution >= 0.6 is 23.8 Å². The van der Waals surface area contributed by atoms with Crippen LogP contribution in [0.2, 0.25) is 5.02 Å². The van der Waals surface area contributed by atoms with Crippen molar-refractivity contribution in [2.24, 2.45) is 0 Å². The zero-order valence-electron chi connectivity index (χ0n) is 22.0. The van der Waals surface area contributed by atoms with Crippen LogP contribution in [-0.2, 0) is 4.79 Å². The molecule has 2 N–H and O–H groups in total. The summed E-state index contributed by atoms with van der Waals surface area (Å²) in [7, 11) is 1.65. The number of nitrogens with zero attached hydrogens (tertiary/aromatic N) is 3. The molecule has 3 heterocycles. The molecule has 2 aromatic heterocycles. The number of pyridine rings is 1. The van der Waals surface area contributed by atoms with E-state index in [-0.39, 0.29) is 24.4 Å². The predicted octanol–water partition coefficient (Wildman–Crippen LogP) is 6.15. The fraction of sp³-hybridized carbons (Fsp3) is 0.233. The van der Waals surface area contributed by atoms with Crippen molar-refractivity contribution >= 4 is 40.5 Å². The Labute approximate surface area is 238 Å². The largest absolute Gasteiger partial charge is 0.495 e. The molecular weight excluding hydrogens is 530 g/mol. The van der Waals surface area contributed by atoms with Gasteiger partial charge >= 0.3 is 0 Å². The van der Waals surface area contributed by atoms with Crippen molar-refractivity contribution in [2.75, 3.05) is 19.0 Å². The van der Waals surface area contributed by atoms with Crippen LogP contribution in [-0.4, -0.2) is 39.1 Å². The maximum absolute atomic E-state index is 12.8. The van der Waals surface area contributed by atoms with Crippen LogP contribution in [0.1, 0.15) is 41.1 Å². The van der Waals surface area contributed by atoms with Gasteiger partial charge in [-0.3, -0.25) is 9.78 Å². The molecule has 4 aromatic rings. The van der Waals surface area contributed by atoms with E-state index in [4.69, 9.17) is 28.6 Å². The van der Waals surface area contributed by atoms with Gasteiger partial charge in [0.15, 0.2) is 5.11 Å². The van der Waals surface area contributed by atoms with Gasteiger partial charge in [0.2, 0.25) is 5.91 Å². The molecule has 2 aromatic carbocycles. The van der Waals surface area contributed by atoms with Crippen molar-refractivity contribution < 1.29 is 9.53 Å². The molecule has 0 bridgehead atoms. The third kappa shape index (κ3) is 5.48. The maximum atomic E-state index is 12.8. The summed E-state index contributed by atoms with van der Waals surface area (Å²) in [4.78, 5) is 19.6. The monoisotopic (exact) mass is 559 g/mol. The molecule has 1 fully saturated rings. The van der Waals surface area contributed by atoms with Gasteiger partial charge in [-0.05, 0) is 80.2 Å². The first-order valence-electron chi connectivity index (χ1n) is 12.7. The minimum Gasteiger partial charge on any atom is -0.495 e. The second-order valence-corrected chi connectivity index (χ2v) is 10.3. The molecule has 7 nitrogen and oxygen atoms in total. The number of thiocarbonyl (C=S) groups is 1. The number of methoxy groups -OCH3 is 1. The number of aryl methyl sites for hydroxylation is 1. The summed E-state index contributed by atoms with van der Waals surface area (Å²) < 4.78 is 7.81. The van der Waals surface area contributed by atoms with E-state index in [2.05, 4.69) is 45.0 Å². The number of hydrogen-bond donors (Lipinski definition) is 2. The number of nitrogens with one attached hydrogen (secondary N) is 2. The van der Waals surface area contributed by atoms with Crippen LogP contribution < -0.4 is 15.4 Å². The number of benzene rings is 2. The highest BCUT2D eigenvalue weighted by Crippen LogP contribution is 2.42. The molecule has 1 aliphatic heterocycles. The smallest absolute Gasteiger partial charge is 0.226 e. The highest BCUT2D eigenvalue weighted by atomic mass is 35.5. The van der Waals surface area contributed by atoms with Crippen molar-refractivity contribution in [3.63, 3.8) is 0 Å². The summed E-state index contributed by atoms with van der Waals surface area (Å²) in [5.41, 5.74) is 5.66. The Kier molecular flexibility index (Phi) is 7.86. The van der Waals surface area contributed by atoms with Gasteiger partial charge in [-0.15, -0.1) is 0 Å². The first-order valence-corrected chi connectivity index (χ1v) is 13.5. The lowest BCUT2D eigenvalue weighted by atomic mass is 9.96. The second-order valence-electron chi connectivity index (χ2n) is 9.46. The number of hydrogen-bond acceptors (Lipinski definition) is 4. The normalized spacial score (nSPS) is 16.7. The molecule has 2 atom stereocenters. The highest BCUT2D eigenvalue weighted by molar-refractivity contribution is 7.80. The van der Waals surface area contributed by atoms with E-state index in [1.165, 1.54) is 0 Å². The first-order chi connectivity index (χ1) is 18.9. The number of rotatable bonds is 8. The van der Waals surface area contributed by atoms with Crippen molar-refractivity contribution in [1.29, 1.82) is 0 Å². The van der Waals surface area contributed by atoms with Crippen LogP contribution in [0, 0.1) is 13.8 Å². The second kappa shape index (κ2) is 11.5. The minimum atomic E-state index is -0.189. The van der Waals surface area contributed by atoms with E-state index in [0.717, 1.165) is 39.8 Å². The van der Waals surface area contributed by atoms with Crippen LogP contribution in [0.3, 0.4) is 0 Å². The third-order valence-corrected chi connectivity index (χ3v) is 7.59. The standard InChI is InChI=1S/C30H30ClN5O2S/c1-19-17-23(20(2)36(19)25-18-21(31)12-13-26(25)38-3)29-28(24-11-7-8-15-32-24)34-30(39)35(29)16-14-27(37)33-22-9-5-4-6-10-22/h4-13,15,17-18,28-29H,14,16H2,1-3H3,(H,33,37)(H,34,39)/t28-,29-/m0/s1. The fourth-order valence-electron chi connectivity index (χ4n) is 5.25. The molecule has 5 rings (SSSR count). The molecule has 39 heavy (non-hydrogen) atoms. The number of halogens is 1. The minimum absolute atomic E-state index is 0.0711. The average Bonchev–Trinajstić information content (AvgIpc) is 3.42. The van der Waals surface area contributed by atoms with Gasteiger partial charge in [0.05, 0.1) is 30.6 Å². The lowest BCUT2D eigenvalue weighted by Crippen LogP contribution is -2.32. The lowest BCUT2D eigenvalue weighted by Gasteiger charge is -2.28. The molecular formula is C30H30ClN5O2S. The summed E-state index contributed by atoms with van der Waals surface area (Å²) in [6.45, 7) is 4.59. The SMILES string of the molecule is COc1ccc(Cl)cc1-n1c(C)cc([C@H]2[C@H](c3ccccn3)NC(=S)N2CCC(=O)Nc2ccccc2)c1C. The number of amides is 1. The van der Waals surface area contributed by atoms with Crippen LogP contribution in [0.5, 0.6) is 5.75 Å². The number of aromatic nitrogens is 2. The van der Waals surface area contributed by atoms with E-state index < -0.39 is 0 Å². The Morgan fingerprint density at radius 1 is 1.10 bits per heavy atom. The summed E-state index contributed by atoms with van der Waals surface area (Å²) in [6, 6.07) is 22.7. The Balaban J connectivity index is 1.51. The van der Waals surface area contributed by atoms with Gasteiger partial charge in [-0.25, -0.2) is 0 Å². The average molecular weight is 560 g/mol. The molecule has 0 saturated carbocycles. The number of ether oxygens (including phenoxy) is 1. The topological polar surface area (TPSA) is 71.4 Å². The zero-order valence-corrected chi connectivity index (χ0v) is 23.6. The molecule has 0 spiro atoms. The number of carbonyl (C=O) groups is 1. The highest BCUT2D eigenvalue weighted by Gasteiger charge is 2.41. The van der Waals surface area contributed by atoms with Gasteiger partial charge in [-0.1, -0.05) is 35.9 Å². The predicted molar refractivity (Wildman–Crippen MR) is 159 cm³/mol. The van der Waals surface area contributed by atoms with Crippen molar-refractivity contribution in [2.45, 2.75) is 32.4 Å².